The molecule has 2 aromatic heterocycles. The molecule has 0 aromatic carbocycles. The van der Waals surface area contributed by atoms with Gasteiger partial charge in [-0.15, -0.1) is 0 Å². The van der Waals surface area contributed by atoms with Crippen molar-refractivity contribution >= 4 is 40.9 Å². The Hall–Kier alpha value is -3.18. The van der Waals surface area contributed by atoms with Crippen LogP contribution in [0, 0.1) is 6.92 Å². The number of carbonyl (C=O) groups is 2. The van der Waals surface area contributed by atoms with Crippen LogP contribution in [0.5, 0.6) is 0 Å². The first-order chi connectivity index (χ1) is 19.2. The topological polar surface area (TPSA) is 147 Å². The van der Waals surface area contributed by atoms with E-state index in [1.807, 2.05) is 11.8 Å². The van der Waals surface area contributed by atoms with Crippen LogP contribution in [0.3, 0.4) is 0 Å². The number of aromatic nitrogens is 3. The van der Waals surface area contributed by atoms with E-state index >= 15 is 0 Å². The number of likely N-dealkylation sites (tertiary alicyclic amines) is 1. The molecule has 1 saturated carbocycles. The minimum Gasteiger partial charge on any atom is -0.383 e. The van der Waals surface area contributed by atoms with Gasteiger partial charge in [-0.1, -0.05) is 24.9 Å². The van der Waals surface area contributed by atoms with Gasteiger partial charge in [-0.2, -0.15) is 0 Å². The number of halogens is 1. The SMILES string of the molecule is CCC[C@H]1CN(c2nc(N)c(C(=O)NC3CC3)nc2C)[C@H](C)CN1C1CCN(C(=O)c2ccc(Cl)nc2N)CC1. The summed E-state index contributed by atoms with van der Waals surface area (Å²) in [5.74, 6) is 0.758. The molecule has 0 spiro atoms. The summed E-state index contributed by atoms with van der Waals surface area (Å²) < 4.78 is 0. The predicted octanol–water partition coefficient (Wildman–Crippen LogP) is 2.87. The maximum absolute atomic E-state index is 13.1. The summed E-state index contributed by atoms with van der Waals surface area (Å²) in [7, 11) is 0. The number of anilines is 3. The molecule has 11 nitrogen and oxygen atoms in total. The molecule has 5 N–H and O–H groups in total. The van der Waals surface area contributed by atoms with E-state index < -0.39 is 0 Å². The zero-order chi connectivity index (χ0) is 28.6. The van der Waals surface area contributed by atoms with Gasteiger partial charge in [-0.25, -0.2) is 15.0 Å². The van der Waals surface area contributed by atoms with E-state index in [9.17, 15) is 9.59 Å². The maximum atomic E-state index is 13.1. The van der Waals surface area contributed by atoms with Crippen LogP contribution in [0.25, 0.3) is 0 Å². The van der Waals surface area contributed by atoms with Gasteiger partial charge in [0, 0.05) is 50.3 Å². The van der Waals surface area contributed by atoms with Gasteiger partial charge in [0.05, 0.1) is 11.3 Å². The number of nitrogens with zero attached hydrogens (tertiary/aromatic N) is 6. The molecule has 2 atom stereocenters. The smallest absolute Gasteiger partial charge is 0.273 e. The second-order valence-electron chi connectivity index (χ2n) is 11.3. The molecule has 0 radical (unpaired) electrons. The van der Waals surface area contributed by atoms with Gasteiger partial charge in [-0.05, 0) is 58.1 Å². The minimum atomic E-state index is -0.247. The molecule has 3 aliphatic rings. The fraction of sp³-hybridized carbons (Fsp3) is 0.607. The van der Waals surface area contributed by atoms with Crippen molar-refractivity contribution in [1.29, 1.82) is 0 Å². The van der Waals surface area contributed by atoms with Gasteiger partial charge in [0.1, 0.15) is 11.0 Å². The molecule has 5 rings (SSSR count). The van der Waals surface area contributed by atoms with E-state index in [1.54, 1.807) is 12.1 Å². The van der Waals surface area contributed by atoms with Gasteiger partial charge in [0.15, 0.2) is 17.3 Å². The third-order valence-electron chi connectivity index (χ3n) is 8.32. The number of hydrogen-bond donors (Lipinski definition) is 3. The Morgan fingerprint density at radius 2 is 1.77 bits per heavy atom. The third-order valence-corrected chi connectivity index (χ3v) is 8.53. The Balaban J connectivity index is 1.26. The first-order valence-electron chi connectivity index (χ1n) is 14.3. The molecular weight excluding hydrogens is 530 g/mol. The second kappa shape index (κ2) is 11.7. The number of aryl methyl sites for hydroxylation is 1. The predicted molar refractivity (Wildman–Crippen MR) is 156 cm³/mol. The molecule has 0 bridgehead atoms. The lowest BCUT2D eigenvalue weighted by molar-refractivity contribution is 0.0422. The van der Waals surface area contributed by atoms with Crippen LogP contribution < -0.4 is 21.7 Å². The molecule has 12 heteroatoms. The van der Waals surface area contributed by atoms with Crippen LogP contribution in [0.1, 0.15) is 78.9 Å². The summed E-state index contributed by atoms with van der Waals surface area (Å²) in [5, 5.41) is 3.23. The van der Waals surface area contributed by atoms with Crippen molar-refractivity contribution in [3.63, 3.8) is 0 Å². The monoisotopic (exact) mass is 569 g/mol. The highest BCUT2D eigenvalue weighted by Gasteiger charge is 2.38. The molecule has 0 unspecified atom stereocenters. The summed E-state index contributed by atoms with van der Waals surface area (Å²) in [6.45, 7) is 9.35. The van der Waals surface area contributed by atoms with Gasteiger partial charge in [-0.3, -0.25) is 14.5 Å². The average Bonchev–Trinajstić information content (AvgIpc) is 3.74. The fourth-order valence-corrected chi connectivity index (χ4v) is 6.20. The van der Waals surface area contributed by atoms with Crippen molar-refractivity contribution in [2.24, 2.45) is 0 Å². The van der Waals surface area contributed by atoms with Crippen molar-refractivity contribution in [3.05, 3.63) is 34.2 Å². The molecular formula is C28H40ClN9O2. The quantitative estimate of drug-likeness (QED) is 0.428. The number of hydrogen-bond acceptors (Lipinski definition) is 9. The second-order valence-corrected chi connectivity index (χ2v) is 11.7. The van der Waals surface area contributed by atoms with Crippen LogP contribution in [0.15, 0.2) is 12.1 Å². The lowest BCUT2D eigenvalue weighted by Gasteiger charge is -2.50. The molecule has 1 aliphatic carbocycles. The minimum absolute atomic E-state index is 0.0932. The zero-order valence-electron chi connectivity index (χ0n) is 23.6. The molecule has 4 heterocycles. The normalized spacial score (nSPS) is 22.4. The summed E-state index contributed by atoms with van der Waals surface area (Å²) in [4.78, 5) is 45.8. The number of nitrogen functional groups attached to an aromatic ring is 2. The Kier molecular flexibility index (Phi) is 8.32. The number of pyridine rings is 1. The number of rotatable bonds is 7. The lowest BCUT2D eigenvalue weighted by atomic mass is 9.95. The fourth-order valence-electron chi connectivity index (χ4n) is 6.04. The van der Waals surface area contributed by atoms with Crippen LogP contribution in [0.2, 0.25) is 5.15 Å². The van der Waals surface area contributed by atoms with Crippen molar-refractivity contribution in [2.75, 3.05) is 42.5 Å². The number of nitrogens with one attached hydrogen (secondary N) is 1. The van der Waals surface area contributed by atoms with Crippen LogP contribution >= 0.6 is 11.6 Å². The number of piperazine rings is 1. The van der Waals surface area contributed by atoms with Crippen LogP contribution in [0.4, 0.5) is 17.5 Å². The molecule has 2 aromatic rings. The maximum Gasteiger partial charge on any atom is 0.273 e. The molecule has 3 fully saturated rings. The number of piperidine rings is 1. The Labute approximate surface area is 240 Å². The van der Waals surface area contributed by atoms with Gasteiger partial charge < -0.3 is 26.6 Å². The summed E-state index contributed by atoms with van der Waals surface area (Å²) >= 11 is 5.91. The molecule has 2 aliphatic heterocycles. The Bertz CT molecular complexity index is 1260. The molecule has 216 valence electrons. The van der Waals surface area contributed by atoms with Crippen molar-refractivity contribution in [1.82, 2.24) is 30.1 Å². The summed E-state index contributed by atoms with van der Waals surface area (Å²) in [6, 6.07) is 4.40. The van der Waals surface area contributed by atoms with Gasteiger partial charge in [0.25, 0.3) is 11.8 Å². The largest absolute Gasteiger partial charge is 0.383 e. The van der Waals surface area contributed by atoms with Crippen LogP contribution in [-0.4, -0.2) is 86.9 Å². The highest BCUT2D eigenvalue weighted by Crippen LogP contribution is 2.31. The van der Waals surface area contributed by atoms with Crippen LogP contribution in [-0.2, 0) is 0 Å². The third kappa shape index (κ3) is 5.95. The highest BCUT2D eigenvalue weighted by atomic mass is 35.5. The first kappa shape index (κ1) is 28.4. The van der Waals surface area contributed by atoms with E-state index in [2.05, 4.69) is 38.9 Å². The van der Waals surface area contributed by atoms with E-state index in [-0.39, 0.29) is 46.4 Å². The van der Waals surface area contributed by atoms with Crippen molar-refractivity contribution in [3.8, 4) is 0 Å². The van der Waals surface area contributed by atoms with E-state index in [0.717, 1.165) is 57.4 Å². The lowest BCUT2D eigenvalue weighted by Crippen LogP contribution is -2.62. The molecule has 2 amide bonds. The average molecular weight is 570 g/mol. The molecule has 2 saturated heterocycles. The standard InChI is InChI=1S/C28H40ClN9O2/c1-4-5-20-15-37(26-17(3)32-23(25(31)35-26)27(39)33-18-6-7-18)16(2)14-38(20)19-10-12-36(13-11-19)28(40)21-8-9-22(29)34-24(21)30/h8-9,16,18-20H,4-7,10-15H2,1-3H3,(H2,30,34)(H2,31,35)(H,33,39)/t16-,20+/m1/s1. The Morgan fingerprint density at radius 1 is 1.05 bits per heavy atom. The van der Waals surface area contributed by atoms with Gasteiger partial charge >= 0.3 is 0 Å². The highest BCUT2D eigenvalue weighted by molar-refractivity contribution is 6.29. The first-order valence-corrected chi connectivity index (χ1v) is 14.7. The summed E-state index contributed by atoms with van der Waals surface area (Å²) in [6.07, 6.45) is 5.92. The Morgan fingerprint density at radius 3 is 2.42 bits per heavy atom. The molecule has 40 heavy (non-hydrogen) atoms. The number of nitrogens with two attached hydrogens (primary N) is 2. The number of carbonyl (C=O) groups excluding carboxylic acids is 2. The number of amides is 2. The van der Waals surface area contributed by atoms with E-state index in [4.69, 9.17) is 28.1 Å². The summed E-state index contributed by atoms with van der Waals surface area (Å²) in [5.41, 5.74) is 13.6. The van der Waals surface area contributed by atoms with E-state index in [1.165, 1.54) is 0 Å². The van der Waals surface area contributed by atoms with E-state index in [0.29, 0.717) is 36.4 Å². The van der Waals surface area contributed by atoms with Crippen molar-refractivity contribution < 1.29 is 9.59 Å². The zero-order valence-corrected chi connectivity index (χ0v) is 24.3. The van der Waals surface area contributed by atoms with Crippen molar-refractivity contribution in [2.45, 2.75) is 83.5 Å². The van der Waals surface area contributed by atoms with Gasteiger partial charge in [0.2, 0.25) is 0 Å².